The normalized spacial score (nSPS) is 11.7. The second kappa shape index (κ2) is 8.88. The molecule has 3 rings (SSSR count). The molecule has 3 heterocycles. The Morgan fingerprint density at radius 2 is 2.07 bits per heavy atom. The number of thiophene rings is 1. The Kier molecular flexibility index (Phi) is 6.31. The Bertz CT molecular complexity index is 896. The van der Waals surface area contributed by atoms with Gasteiger partial charge in [-0.3, -0.25) is 15.8 Å². The summed E-state index contributed by atoms with van der Waals surface area (Å²) in [6, 6.07) is 8.15. The van der Waals surface area contributed by atoms with Crippen molar-refractivity contribution >= 4 is 34.5 Å². The summed E-state index contributed by atoms with van der Waals surface area (Å²) in [5, 5.41) is 5.93. The van der Waals surface area contributed by atoms with E-state index in [4.69, 9.17) is 12.2 Å². The molecule has 0 amide bonds. The number of aryl methyl sites for hydroxylation is 1. The van der Waals surface area contributed by atoms with Gasteiger partial charge in [0.2, 0.25) is 0 Å². The number of pyridine rings is 1. The molecule has 3 aromatic rings. The third-order valence-electron chi connectivity index (χ3n) is 4.20. The van der Waals surface area contributed by atoms with Crippen molar-refractivity contribution in [3.63, 3.8) is 0 Å². The third-order valence-corrected chi connectivity index (χ3v) is 5.41. The van der Waals surface area contributed by atoms with Gasteiger partial charge in [0.25, 0.3) is 0 Å². The SMILES string of the molecule is CCC(NC(=S)NNc1nc(-c2cccnc2)nc(C)c1C)c1cccs1. The van der Waals surface area contributed by atoms with Crippen LogP contribution in [0.3, 0.4) is 0 Å². The van der Waals surface area contributed by atoms with Gasteiger partial charge in [-0.15, -0.1) is 11.3 Å². The van der Waals surface area contributed by atoms with Crippen LogP contribution in [0, 0.1) is 13.8 Å². The van der Waals surface area contributed by atoms with Crippen LogP contribution in [0.5, 0.6) is 0 Å². The Balaban J connectivity index is 1.70. The van der Waals surface area contributed by atoms with E-state index >= 15 is 0 Å². The van der Waals surface area contributed by atoms with Crippen molar-refractivity contribution in [3.8, 4) is 11.4 Å². The number of nitrogens with one attached hydrogen (secondary N) is 3. The molecule has 0 aliphatic rings. The maximum Gasteiger partial charge on any atom is 0.185 e. The number of anilines is 1. The summed E-state index contributed by atoms with van der Waals surface area (Å²) in [6.45, 7) is 6.07. The molecular weight excluding hydrogens is 376 g/mol. The Morgan fingerprint density at radius 3 is 2.74 bits per heavy atom. The van der Waals surface area contributed by atoms with E-state index in [1.165, 1.54) is 4.88 Å². The Hall–Kier alpha value is -2.58. The molecule has 0 saturated heterocycles. The topological polar surface area (TPSA) is 74.8 Å². The van der Waals surface area contributed by atoms with E-state index in [1.807, 2.05) is 32.0 Å². The minimum absolute atomic E-state index is 0.186. The van der Waals surface area contributed by atoms with Gasteiger partial charge in [0.05, 0.1) is 6.04 Å². The highest BCUT2D eigenvalue weighted by atomic mass is 32.1. The summed E-state index contributed by atoms with van der Waals surface area (Å²) in [7, 11) is 0. The molecule has 0 aromatic carbocycles. The number of hydrazine groups is 1. The zero-order valence-corrected chi connectivity index (χ0v) is 17.1. The third kappa shape index (κ3) is 4.78. The molecular formula is C19H22N6S2. The number of nitrogens with zero attached hydrogens (tertiary/aromatic N) is 3. The molecule has 140 valence electrons. The molecule has 8 heteroatoms. The highest BCUT2D eigenvalue weighted by molar-refractivity contribution is 7.80. The molecule has 1 atom stereocenters. The average molecular weight is 399 g/mol. The molecule has 3 N–H and O–H groups in total. The van der Waals surface area contributed by atoms with Crippen molar-refractivity contribution in [2.45, 2.75) is 33.2 Å². The van der Waals surface area contributed by atoms with Crippen LogP contribution in [0.25, 0.3) is 11.4 Å². The molecule has 0 radical (unpaired) electrons. The zero-order chi connectivity index (χ0) is 19.2. The molecule has 0 spiro atoms. The fourth-order valence-corrected chi connectivity index (χ4v) is 3.60. The zero-order valence-electron chi connectivity index (χ0n) is 15.5. The Labute approximate surface area is 168 Å². The van der Waals surface area contributed by atoms with Gasteiger partial charge in [-0.05, 0) is 56.1 Å². The van der Waals surface area contributed by atoms with Crippen LogP contribution in [0.4, 0.5) is 5.82 Å². The molecule has 0 aliphatic carbocycles. The first-order chi connectivity index (χ1) is 13.1. The summed E-state index contributed by atoms with van der Waals surface area (Å²) in [4.78, 5) is 14.6. The number of hydrogen-bond donors (Lipinski definition) is 3. The van der Waals surface area contributed by atoms with Crippen molar-refractivity contribution in [1.82, 2.24) is 25.7 Å². The van der Waals surface area contributed by atoms with E-state index < -0.39 is 0 Å². The summed E-state index contributed by atoms with van der Waals surface area (Å²) in [6.07, 6.45) is 4.42. The molecule has 27 heavy (non-hydrogen) atoms. The van der Waals surface area contributed by atoms with Crippen LogP contribution in [-0.2, 0) is 0 Å². The summed E-state index contributed by atoms with van der Waals surface area (Å²) < 4.78 is 0. The van der Waals surface area contributed by atoms with Crippen molar-refractivity contribution in [3.05, 3.63) is 58.2 Å². The number of aromatic nitrogens is 3. The quantitative estimate of drug-likeness (QED) is 0.425. The van der Waals surface area contributed by atoms with Gasteiger partial charge in [0.15, 0.2) is 16.8 Å². The number of rotatable bonds is 6. The maximum absolute atomic E-state index is 5.44. The van der Waals surface area contributed by atoms with Crippen LogP contribution in [0.15, 0.2) is 42.0 Å². The average Bonchev–Trinajstić information content (AvgIpc) is 3.22. The minimum atomic E-state index is 0.186. The highest BCUT2D eigenvalue weighted by Gasteiger charge is 2.13. The minimum Gasteiger partial charge on any atom is -0.354 e. The Morgan fingerprint density at radius 1 is 1.22 bits per heavy atom. The van der Waals surface area contributed by atoms with Crippen LogP contribution in [-0.4, -0.2) is 20.1 Å². The first kappa shape index (κ1) is 19.2. The lowest BCUT2D eigenvalue weighted by molar-refractivity contribution is 0.631. The van der Waals surface area contributed by atoms with Gasteiger partial charge < -0.3 is 5.32 Å². The van der Waals surface area contributed by atoms with E-state index in [9.17, 15) is 0 Å². The molecule has 1 unspecified atom stereocenters. The lowest BCUT2D eigenvalue weighted by Gasteiger charge is -2.19. The summed E-state index contributed by atoms with van der Waals surface area (Å²) in [5.74, 6) is 1.31. The van der Waals surface area contributed by atoms with E-state index in [-0.39, 0.29) is 6.04 Å². The molecule has 3 aromatic heterocycles. The van der Waals surface area contributed by atoms with E-state index in [1.54, 1.807) is 23.7 Å². The van der Waals surface area contributed by atoms with Crippen LogP contribution < -0.4 is 16.2 Å². The fraction of sp³-hybridized carbons (Fsp3) is 0.263. The van der Waals surface area contributed by atoms with Crippen molar-refractivity contribution < 1.29 is 0 Å². The largest absolute Gasteiger partial charge is 0.354 e. The van der Waals surface area contributed by atoms with E-state index in [2.05, 4.69) is 49.5 Å². The summed E-state index contributed by atoms with van der Waals surface area (Å²) >= 11 is 7.16. The highest BCUT2D eigenvalue weighted by Crippen LogP contribution is 2.22. The first-order valence-electron chi connectivity index (χ1n) is 8.70. The number of thiocarbonyl (C=S) groups is 1. The maximum atomic E-state index is 5.44. The molecule has 0 saturated carbocycles. The van der Waals surface area contributed by atoms with Gasteiger partial charge in [-0.2, -0.15) is 0 Å². The van der Waals surface area contributed by atoms with Crippen LogP contribution in [0.1, 0.15) is 35.5 Å². The fourth-order valence-electron chi connectivity index (χ4n) is 2.55. The van der Waals surface area contributed by atoms with Crippen LogP contribution >= 0.6 is 23.6 Å². The number of hydrogen-bond acceptors (Lipinski definition) is 6. The molecule has 0 fully saturated rings. The van der Waals surface area contributed by atoms with Gasteiger partial charge in [-0.1, -0.05) is 13.0 Å². The van der Waals surface area contributed by atoms with Gasteiger partial charge in [0.1, 0.15) is 0 Å². The van der Waals surface area contributed by atoms with Crippen LogP contribution in [0.2, 0.25) is 0 Å². The van der Waals surface area contributed by atoms with Gasteiger partial charge in [0, 0.05) is 34.1 Å². The molecule has 6 nitrogen and oxygen atoms in total. The molecule has 0 bridgehead atoms. The summed E-state index contributed by atoms with van der Waals surface area (Å²) in [5.41, 5.74) is 8.89. The van der Waals surface area contributed by atoms with Gasteiger partial charge in [-0.25, -0.2) is 9.97 Å². The first-order valence-corrected chi connectivity index (χ1v) is 9.98. The molecule has 0 aliphatic heterocycles. The van der Waals surface area contributed by atoms with Crippen molar-refractivity contribution in [1.29, 1.82) is 0 Å². The predicted octanol–water partition coefficient (Wildman–Crippen LogP) is 4.16. The predicted molar refractivity (Wildman–Crippen MR) is 115 cm³/mol. The van der Waals surface area contributed by atoms with Gasteiger partial charge >= 0.3 is 0 Å². The van der Waals surface area contributed by atoms with E-state index in [0.717, 1.165) is 23.2 Å². The van der Waals surface area contributed by atoms with E-state index in [0.29, 0.717) is 16.8 Å². The van der Waals surface area contributed by atoms with Crippen molar-refractivity contribution in [2.24, 2.45) is 0 Å². The lowest BCUT2D eigenvalue weighted by atomic mass is 10.2. The lowest BCUT2D eigenvalue weighted by Crippen LogP contribution is -2.40. The standard InChI is InChI=1S/C19H22N6S2/c1-4-15(16-8-6-10-27-16)22-19(26)25-24-17-12(2)13(3)21-18(23-17)14-7-5-9-20-11-14/h5-11,15H,4H2,1-3H3,(H,21,23,24)(H2,22,25,26). The second-order valence-electron chi connectivity index (χ2n) is 6.05. The monoisotopic (exact) mass is 398 g/mol. The van der Waals surface area contributed by atoms with Crippen molar-refractivity contribution in [2.75, 3.05) is 5.43 Å². The second-order valence-corrected chi connectivity index (χ2v) is 7.44. The smallest absolute Gasteiger partial charge is 0.185 e.